The molecule has 0 saturated carbocycles. The van der Waals surface area contributed by atoms with E-state index >= 15 is 0 Å². The van der Waals surface area contributed by atoms with E-state index < -0.39 is 0 Å². The number of H-pyrrole nitrogens is 1. The van der Waals surface area contributed by atoms with Crippen LogP contribution in [0.4, 0.5) is 0 Å². The topological polar surface area (TPSA) is 41.8 Å². The molecule has 20 heavy (non-hydrogen) atoms. The number of aromatic amines is 1. The van der Waals surface area contributed by atoms with Gasteiger partial charge < -0.3 is 9.88 Å². The van der Waals surface area contributed by atoms with Crippen LogP contribution in [0.1, 0.15) is 32.0 Å². The van der Waals surface area contributed by atoms with Gasteiger partial charge in [-0.1, -0.05) is 13.8 Å². The van der Waals surface area contributed by atoms with E-state index in [4.69, 9.17) is 12.2 Å². The molecule has 112 valence electrons. The van der Waals surface area contributed by atoms with Gasteiger partial charge in [-0.2, -0.15) is 5.10 Å². The number of hydrogen-bond acceptors (Lipinski definition) is 3. The zero-order valence-electron chi connectivity index (χ0n) is 13.3. The summed E-state index contributed by atoms with van der Waals surface area (Å²) in [7, 11) is 6.20. The van der Waals surface area contributed by atoms with Crippen LogP contribution < -0.4 is 0 Å². The molecule has 0 aliphatic heterocycles. The first-order chi connectivity index (χ1) is 9.31. The Bertz CT molecular complexity index is 636. The van der Waals surface area contributed by atoms with Crippen LogP contribution in [0.15, 0.2) is 0 Å². The average molecular weight is 295 g/mol. The highest BCUT2D eigenvalue weighted by molar-refractivity contribution is 7.71. The number of likely N-dealkylation sites (N-methyl/N-ethyl adjacent to an activating group) is 1. The van der Waals surface area contributed by atoms with Crippen molar-refractivity contribution in [2.24, 2.45) is 13.0 Å². The lowest BCUT2D eigenvalue weighted by Gasteiger charge is -2.24. The van der Waals surface area contributed by atoms with Crippen molar-refractivity contribution in [1.82, 2.24) is 24.2 Å². The van der Waals surface area contributed by atoms with Crippen molar-refractivity contribution in [3.63, 3.8) is 0 Å². The Balaban J connectivity index is 2.57. The van der Waals surface area contributed by atoms with E-state index in [1.165, 1.54) is 0 Å². The van der Waals surface area contributed by atoms with Crippen LogP contribution in [-0.2, 0) is 7.05 Å². The van der Waals surface area contributed by atoms with Crippen LogP contribution >= 0.6 is 12.2 Å². The quantitative estimate of drug-likeness (QED) is 0.862. The van der Waals surface area contributed by atoms with Gasteiger partial charge in [-0.25, -0.2) is 0 Å². The molecule has 0 spiro atoms. The van der Waals surface area contributed by atoms with Gasteiger partial charge in [0.05, 0.1) is 11.7 Å². The zero-order valence-corrected chi connectivity index (χ0v) is 14.1. The first-order valence-electron chi connectivity index (χ1n) is 7.09. The van der Waals surface area contributed by atoms with Crippen molar-refractivity contribution in [2.45, 2.75) is 33.2 Å². The lowest BCUT2D eigenvalue weighted by molar-refractivity contribution is 0.289. The standard InChI is InChI=1S/C14H25N5S/c1-9(2)7-11(8-17(4)5)19-13-12(15-14(19)20)10(3)16-18(13)6/h9,11H,7-8H2,1-6H3,(H,15,20). The summed E-state index contributed by atoms with van der Waals surface area (Å²) >= 11 is 5.56. The third-order valence-corrected chi connectivity index (χ3v) is 3.85. The normalized spacial score (nSPS) is 13.8. The van der Waals surface area contributed by atoms with Crippen molar-refractivity contribution in [3.8, 4) is 0 Å². The van der Waals surface area contributed by atoms with Gasteiger partial charge in [0.1, 0.15) is 5.52 Å². The van der Waals surface area contributed by atoms with Crippen LogP contribution in [-0.4, -0.2) is 44.9 Å². The second-order valence-electron chi connectivity index (χ2n) is 6.25. The van der Waals surface area contributed by atoms with Gasteiger partial charge in [-0.3, -0.25) is 9.25 Å². The summed E-state index contributed by atoms with van der Waals surface area (Å²) in [5, 5.41) is 4.50. The van der Waals surface area contributed by atoms with E-state index in [9.17, 15) is 0 Å². The fourth-order valence-electron chi connectivity index (χ4n) is 2.90. The highest BCUT2D eigenvalue weighted by Crippen LogP contribution is 2.26. The van der Waals surface area contributed by atoms with Gasteiger partial charge in [-0.15, -0.1) is 0 Å². The Morgan fingerprint density at radius 3 is 2.55 bits per heavy atom. The van der Waals surface area contributed by atoms with Crippen molar-refractivity contribution < 1.29 is 0 Å². The average Bonchev–Trinajstić information content (AvgIpc) is 2.75. The van der Waals surface area contributed by atoms with Crippen LogP contribution in [0, 0.1) is 17.6 Å². The lowest BCUT2D eigenvalue weighted by Crippen LogP contribution is -2.26. The Morgan fingerprint density at radius 2 is 2.00 bits per heavy atom. The number of imidazole rings is 1. The third-order valence-electron chi connectivity index (χ3n) is 3.56. The Hall–Kier alpha value is -1.14. The largest absolute Gasteiger partial charge is 0.328 e. The van der Waals surface area contributed by atoms with Crippen molar-refractivity contribution in [2.75, 3.05) is 20.6 Å². The number of nitrogens with zero attached hydrogens (tertiary/aromatic N) is 4. The SMILES string of the molecule is Cc1nn(C)c2c1[nH]c(=S)n2C(CC(C)C)CN(C)C. The molecule has 1 atom stereocenters. The van der Waals surface area contributed by atoms with Gasteiger partial charge >= 0.3 is 0 Å². The smallest absolute Gasteiger partial charge is 0.179 e. The number of nitrogens with one attached hydrogen (secondary N) is 1. The molecule has 5 nitrogen and oxygen atoms in total. The molecule has 0 amide bonds. The molecule has 2 rings (SSSR count). The van der Waals surface area contributed by atoms with Gasteiger partial charge in [0.2, 0.25) is 0 Å². The fraction of sp³-hybridized carbons (Fsp3) is 0.714. The molecule has 0 aliphatic rings. The van der Waals surface area contributed by atoms with Crippen molar-refractivity contribution in [3.05, 3.63) is 10.5 Å². The molecule has 0 aliphatic carbocycles. The Labute approximate surface area is 125 Å². The number of fused-ring (bicyclic) bond motifs is 1. The molecular formula is C14H25N5S. The summed E-state index contributed by atoms with van der Waals surface area (Å²) < 4.78 is 4.97. The molecule has 0 fully saturated rings. The zero-order chi connectivity index (χ0) is 15.0. The first-order valence-corrected chi connectivity index (χ1v) is 7.50. The number of rotatable bonds is 5. The molecule has 1 N–H and O–H groups in total. The van der Waals surface area contributed by atoms with E-state index in [2.05, 4.69) is 47.5 Å². The summed E-state index contributed by atoms with van der Waals surface area (Å²) in [6.07, 6.45) is 1.10. The van der Waals surface area contributed by atoms with E-state index in [0.717, 1.165) is 34.6 Å². The Kier molecular flexibility index (Phi) is 4.34. The van der Waals surface area contributed by atoms with Crippen LogP contribution in [0.25, 0.3) is 11.2 Å². The highest BCUT2D eigenvalue weighted by Gasteiger charge is 2.21. The molecule has 6 heteroatoms. The van der Waals surface area contributed by atoms with E-state index in [1.54, 1.807) is 0 Å². The number of aromatic nitrogens is 4. The minimum atomic E-state index is 0.362. The number of hydrogen-bond donors (Lipinski definition) is 1. The van der Waals surface area contributed by atoms with Gasteiger partial charge in [0, 0.05) is 13.6 Å². The molecule has 0 bridgehead atoms. The van der Waals surface area contributed by atoms with Crippen LogP contribution in [0.5, 0.6) is 0 Å². The van der Waals surface area contributed by atoms with Crippen LogP contribution in [0.3, 0.4) is 0 Å². The second kappa shape index (κ2) is 5.69. The predicted octanol–water partition coefficient (Wildman–Crippen LogP) is 2.89. The van der Waals surface area contributed by atoms with E-state index in [1.807, 2.05) is 18.7 Å². The molecule has 0 radical (unpaired) electrons. The summed E-state index contributed by atoms with van der Waals surface area (Å²) in [6, 6.07) is 0.362. The maximum absolute atomic E-state index is 5.56. The maximum Gasteiger partial charge on any atom is 0.179 e. The molecular weight excluding hydrogens is 270 g/mol. The summed E-state index contributed by atoms with van der Waals surface area (Å²) in [5.41, 5.74) is 3.16. The molecule has 2 aromatic rings. The summed E-state index contributed by atoms with van der Waals surface area (Å²) in [6.45, 7) is 7.50. The third kappa shape index (κ3) is 2.81. The summed E-state index contributed by atoms with van der Waals surface area (Å²) in [5.74, 6) is 0.626. The molecule has 2 aromatic heterocycles. The lowest BCUT2D eigenvalue weighted by atomic mass is 10.0. The maximum atomic E-state index is 5.56. The minimum absolute atomic E-state index is 0.362. The molecule has 1 unspecified atom stereocenters. The van der Waals surface area contributed by atoms with Crippen LogP contribution in [0.2, 0.25) is 0 Å². The predicted molar refractivity (Wildman–Crippen MR) is 85.7 cm³/mol. The molecule has 2 heterocycles. The van der Waals surface area contributed by atoms with Gasteiger partial charge in [-0.05, 0) is 45.6 Å². The van der Waals surface area contributed by atoms with Crippen molar-refractivity contribution in [1.29, 1.82) is 0 Å². The molecule has 0 saturated heterocycles. The van der Waals surface area contributed by atoms with Gasteiger partial charge in [0.25, 0.3) is 0 Å². The second-order valence-corrected chi connectivity index (χ2v) is 6.64. The van der Waals surface area contributed by atoms with Crippen molar-refractivity contribution >= 4 is 23.4 Å². The van der Waals surface area contributed by atoms with E-state index in [0.29, 0.717) is 12.0 Å². The van der Waals surface area contributed by atoms with E-state index in [-0.39, 0.29) is 0 Å². The monoisotopic (exact) mass is 295 g/mol. The Morgan fingerprint density at radius 1 is 1.35 bits per heavy atom. The fourth-order valence-corrected chi connectivity index (χ4v) is 3.24. The van der Waals surface area contributed by atoms with Gasteiger partial charge in [0.15, 0.2) is 10.4 Å². The summed E-state index contributed by atoms with van der Waals surface area (Å²) in [4.78, 5) is 5.54. The molecule has 0 aromatic carbocycles. The highest BCUT2D eigenvalue weighted by atomic mass is 32.1. The number of aryl methyl sites for hydroxylation is 2. The first kappa shape index (κ1) is 15.3. The minimum Gasteiger partial charge on any atom is -0.328 e.